The van der Waals surface area contributed by atoms with Gasteiger partial charge in [0, 0.05) is 37.3 Å². The van der Waals surface area contributed by atoms with Crippen molar-refractivity contribution in [1.82, 2.24) is 0 Å². The molecule has 1 heterocycles. The average Bonchev–Trinajstić information content (AvgIpc) is 1.59. The highest BCUT2D eigenvalue weighted by Gasteiger charge is 2.52. The van der Waals surface area contributed by atoms with Crippen LogP contribution in [-0.4, -0.2) is 272 Å². The molecular formula is C61H104BBrO26. The lowest BCUT2D eigenvalue weighted by atomic mass is 9.69. The average molecular weight is 1340 g/mol. The molecule has 1 fully saturated rings. The molecule has 2 aromatic carbocycles. The van der Waals surface area contributed by atoms with Crippen LogP contribution in [0.25, 0.3) is 11.1 Å². The first-order valence-corrected chi connectivity index (χ1v) is 31.4. The zero-order valence-electron chi connectivity index (χ0n) is 53.8. The van der Waals surface area contributed by atoms with Gasteiger partial charge in [0.15, 0.2) is 54.3 Å². The van der Waals surface area contributed by atoms with E-state index >= 15 is 0 Å². The van der Waals surface area contributed by atoms with Crippen molar-refractivity contribution in [3.8, 4) is 11.1 Å². The number of rotatable bonds is 65. The summed E-state index contributed by atoms with van der Waals surface area (Å²) < 4.78 is 144. The Hall–Kier alpha value is -2.06. The summed E-state index contributed by atoms with van der Waals surface area (Å²) in [5, 5.41) is 0. The van der Waals surface area contributed by atoms with Gasteiger partial charge in [-0.1, -0.05) is 40.2 Å². The molecule has 0 saturated carbocycles. The molecule has 514 valence electrons. The third-order valence-electron chi connectivity index (χ3n) is 13.9. The summed E-state index contributed by atoms with van der Waals surface area (Å²) in [6.07, 6.45) is 3.24. The van der Waals surface area contributed by atoms with Gasteiger partial charge in [0.1, 0.15) is 13.6 Å². The van der Waals surface area contributed by atoms with Crippen LogP contribution in [0.3, 0.4) is 0 Å². The topological polar surface area (TPSA) is 240 Å². The molecule has 1 aliphatic heterocycles. The minimum atomic E-state index is -0.499. The SMILES string of the molecule is COCCOCCOCCOCCOCCOCCOCCOCCOCCOCCOCCOCCCC1(CCCOCOCOCOCOCOCOCOCOCOCOCCOC)c2cc(Br)ccc2-c2ccc(B3OC(C)(C)C(C)(C)O3)cc21. The monoisotopic (exact) mass is 1340 g/mol. The van der Waals surface area contributed by atoms with Crippen LogP contribution in [0, 0.1) is 0 Å². The molecule has 4 rings (SSSR count). The van der Waals surface area contributed by atoms with Gasteiger partial charge in [-0.3, -0.25) is 0 Å². The van der Waals surface area contributed by atoms with Crippen LogP contribution in [0.5, 0.6) is 0 Å². The molecule has 0 amide bonds. The summed E-state index contributed by atoms with van der Waals surface area (Å²) in [4.78, 5) is 0. The van der Waals surface area contributed by atoms with E-state index in [1.165, 1.54) is 22.3 Å². The minimum Gasteiger partial charge on any atom is -0.399 e. The molecule has 26 nitrogen and oxygen atoms in total. The molecule has 0 radical (unpaired) electrons. The summed E-state index contributed by atoms with van der Waals surface area (Å²) in [6.45, 7) is 21.2. The zero-order chi connectivity index (χ0) is 63.5. The summed E-state index contributed by atoms with van der Waals surface area (Å²) >= 11 is 3.79. The predicted octanol–water partition coefficient (Wildman–Crippen LogP) is 5.81. The van der Waals surface area contributed by atoms with E-state index in [4.69, 9.17) is 123 Å². The molecule has 1 saturated heterocycles. The fraction of sp³-hybridized carbons (Fsp3) is 0.803. The number of ether oxygens (including phenoxy) is 24. The smallest absolute Gasteiger partial charge is 0.399 e. The highest BCUT2D eigenvalue weighted by Crippen LogP contribution is 2.54. The maximum atomic E-state index is 6.55. The highest BCUT2D eigenvalue weighted by molar-refractivity contribution is 9.10. The van der Waals surface area contributed by atoms with Crippen molar-refractivity contribution < 1.29 is 123 Å². The van der Waals surface area contributed by atoms with Crippen LogP contribution in [0.2, 0.25) is 0 Å². The number of hydrogen-bond acceptors (Lipinski definition) is 26. The lowest BCUT2D eigenvalue weighted by Gasteiger charge is -2.33. The molecule has 1 aliphatic carbocycles. The highest BCUT2D eigenvalue weighted by atomic mass is 79.9. The van der Waals surface area contributed by atoms with E-state index in [1.54, 1.807) is 14.2 Å². The van der Waals surface area contributed by atoms with Crippen molar-refractivity contribution in [2.45, 2.75) is 70.0 Å². The fourth-order valence-corrected chi connectivity index (χ4v) is 9.19. The third-order valence-corrected chi connectivity index (χ3v) is 14.4. The van der Waals surface area contributed by atoms with E-state index in [-0.39, 0.29) is 73.3 Å². The maximum Gasteiger partial charge on any atom is 0.494 e. The van der Waals surface area contributed by atoms with Gasteiger partial charge in [-0.2, -0.15) is 0 Å². The van der Waals surface area contributed by atoms with Crippen molar-refractivity contribution in [3.63, 3.8) is 0 Å². The van der Waals surface area contributed by atoms with E-state index in [2.05, 4.69) is 80.0 Å². The number of halogens is 1. The Kier molecular flexibility index (Phi) is 46.6. The Balaban J connectivity index is 1.01. The molecule has 1 atom stereocenters. The quantitative estimate of drug-likeness (QED) is 0.0431. The Labute approximate surface area is 536 Å². The van der Waals surface area contributed by atoms with E-state index in [9.17, 15) is 0 Å². The second kappa shape index (κ2) is 52.2. The van der Waals surface area contributed by atoms with Crippen molar-refractivity contribution >= 4 is 28.5 Å². The second-order valence-corrected chi connectivity index (χ2v) is 21.8. The van der Waals surface area contributed by atoms with Crippen molar-refractivity contribution in [1.29, 1.82) is 0 Å². The van der Waals surface area contributed by atoms with Gasteiger partial charge >= 0.3 is 7.12 Å². The molecule has 0 bridgehead atoms. The molecule has 0 aromatic heterocycles. The lowest BCUT2D eigenvalue weighted by Crippen LogP contribution is -2.41. The van der Waals surface area contributed by atoms with Gasteiger partial charge in [0.2, 0.25) is 0 Å². The van der Waals surface area contributed by atoms with Crippen LogP contribution in [0.1, 0.15) is 64.5 Å². The Bertz CT molecular complexity index is 1970. The van der Waals surface area contributed by atoms with Crippen molar-refractivity contribution in [2.75, 3.05) is 254 Å². The molecule has 2 aromatic rings. The first kappa shape index (κ1) is 79.4. The van der Waals surface area contributed by atoms with Gasteiger partial charge in [0.25, 0.3) is 0 Å². The number of fused-ring (bicyclic) bond motifs is 3. The third kappa shape index (κ3) is 35.3. The van der Waals surface area contributed by atoms with Crippen LogP contribution < -0.4 is 5.46 Å². The minimum absolute atomic E-state index is 0.00973. The van der Waals surface area contributed by atoms with Crippen molar-refractivity contribution in [3.05, 3.63) is 52.0 Å². The molecule has 0 spiro atoms. The standard InChI is InChI=1S/C61H104BBrO26/c1-59(2)60(3,4)89-62(88-59)53-9-11-55-56-12-10-54(63)42-58(56)61(57(55)41-53,14-8-16-77-43-79-45-81-47-83-49-85-51-87-52-86-50-84-48-82-46-80-44-78-20-18-65-6)13-7-15-66-21-22-68-25-26-70-29-30-72-33-34-74-37-38-76-40-39-75-36-35-73-32-31-71-28-27-69-24-23-67-19-17-64-5/h9-12,41-42H,7-8,13-40,43-52H2,1-6H3. The fourth-order valence-electron chi connectivity index (χ4n) is 8.83. The van der Waals surface area contributed by atoms with E-state index in [0.29, 0.717) is 172 Å². The van der Waals surface area contributed by atoms with Crippen LogP contribution in [0.15, 0.2) is 40.9 Å². The summed E-state index contributed by atoms with van der Waals surface area (Å²) in [5.41, 5.74) is 4.63. The van der Waals surface area contributed by atoms with Gasteiger partial charge in [-0.05, 0) is 93.2 Å². The largest absolute Gasteiger partial charge is 0.494 e. The summed E-state index contributed by atoms with van der Waals surface area (Å²) in [5.74, 6) is 0. The number of benzene rings is 2. The first-order chi connectivity index (χ1) is 43.6. The van der Waals surface area contributed by atoms with Gasteiger partial charge in [-0.25, -0.2) is 0 Å². The van der Waals surface area contributed by atoms with E-state index in [1.807, 2.05) is 0 Å². The normalized spacial score (nSPS) is 15.9. The van der Waals surface area contributed by atoms with Gasteiger partial charge < -0.3 is 123 Å². The van der Waals surface area contributed by atoms with Crippen LogP contribution >= 0.6 is 15.9 Å². The Morgan fingerprint density at radius 1 is 0.315 bits per heavy atom. The summed E-state index contributed by atoms with van der Waals surface area (Å²) in [7, 11) is 2.74. The zero-order valence-corrected chi connectivity index (χ0v) is 55.4. The van der Waals surface area contributed by atoms with Crippen LogP contribution in [-0.2, 0) is 128 Å². The number of hydrogen-bond donors (Lipinski definition) is 0. The molecule has 2 aliphatic rings. The predicted molar refractivity (Wildman–Crippen MR) is 328 cm³/mol. The van der Waals surface area contributed by atoms with Crippen LogP contribution in [0.4, 0.5) is 0 Å². The first-order valence-electron chi connectivity index (χ1n) is 30.6. The van der Waals surface area contributed by atoms with Gasteiger partial charge in [-0.15, -0.1) is 0 Å². The Morgan fingerprint density at radius 3 is 0.910 bits per heavy atom. The molecule has 1 unspecified atom stereocenters. The molecule has 0 N–H and O–H groups in total. The summed E-state index contributed by atoms with van der Waals surface area (Å²) in [6, 6.07) is 13.2. The van der Waals surface area contributed by atoms with E-state index in [0.717, 1.165) is 35.6 Å². The molecular weight excluding hydrogens is 1240 g/mol. The molecule has 28 heteroatoms. The Morgan fingerprint density at radius 2 is 0.573 bits per heavy atom. The lowest BCUT2D eigenvalue weighted by molar-refractivity contribution is -0.232. The second-order valence-electron chi connectivity index (χ2n) is 20.9. The van der Waals surface area contributed by atoms with E-state index < -0.39 is 18.3 Å². The van der Waals surface area contributed by atoms with Crippen molar-refractivity contribution in [2.24, 2.45) is 0 Å². The van der Waals surface area contributed by atoms with Gasteiger partial charge in [0.05, 0.1) is 170 Å². The maximum absolute atomic E-state index is 6.55. The number of methoxy groups -OCH3 is 2. The molecule has 89 heavy (non-hydrogen) atoms.